The van der Waals surface area contributed by atoms with Crippen molar-refractivity contribution in [2.24, 2.45) is 5.73 Å². The number of benzene rings is 1. The van der Waals surface area contributed by atoms with E-state index in [0.717, 1.165) is 23.5 Å². The van der Waals surface area contributed by atoms with Crippen molar-refractivity contribution in [3.63, 3.8) is 0 Å². The molecule has 2 aromatic rings. The minimum Gasteiger partial charge on any atom is -0.319 e. The third-order valence-electron chi connectivity index (χ3n) is 2.87. The Labute approximate surface area is 117 Å². The van der Waals surface area contributed by atoms with Crippen molar-refractivity contribution in [3.8, 4) is 0 Å². The van der Waals surface area contributed by atoms with Crippen LogP contribution in [-0.4, -0.2) is 9.78 Å². The van der Waals surface area contributed by atoms with Crippen LogP contribution < -0.4 is 5.73 Å². The van der Waals surface area contributed by atoms with E-state index in [1.54, 1.807) is 6.07 Å². The van der Waals surface area contributed by atoms with Gasteiger partial charge in [0.1, 0.15) is 0 Å². The van der Waals surface area contributed by atoms with E-state index in [1.165, 1.54) is 0 Å². The molecular formula is C13H15Cl2N3. The second kappa shape index (κ2) is 5.31. The van der Waals surface area contributed by atoms with Crippen LogP contribution in [0.4, 0.5) is 0 Å². The fourth-order valence-electron chi connectivity index (χ4n) is 1.99. The lowest BCUT2D eigenvalue weighted by molar-refractivity contribution is 0.597. The predicted octanol–water partition coefficient (Wildman–Crippen LogP) is 3.57. The summed E-state index contributed by atoms with van der Waals surface area (Å²) in [6, 6.07) is 7.15. The average molecular weight is 284 g/mol. The number of hydrogen-bond acceptors (Lipinski definition) is 2. The number of nitrogens with two attached hydrogens (primary N) is 1. The molecule has 1 unspecified atom stereocenters. The third-order valence-corrected chi connectivity index (χ3v) is 3.70. The normalized spacial score (nSPS) is 12.7. The molecule has 0 aliphatic rings. The van der Waals surface area contributed by atoms with Crippen molar-refractivity contribution in [3.05, 3.63) is 51.3 Å². The van der Waals surface area contributed by atoms with Crippen molar-refractivity contribution in [2.45, 2.75) is 26.4 Å². The third kappa shape index (κ3) is 2.39. The van der Waals surface area contributed by atoms with Gasteiger partial charge >= 0.3 is 0 Å². The van der Waals surface area contributed by atoms with E-state index in [2.05, 4.69) is 5.10 Å². The minimum absolute atomic E-state index is 0.322. The molecule has 5 heteroatoms. The summed E-state index contributed by atoms with van der Waals surface area (Å²) < 4.78 is 1.89. The Morgan fingerprint density at radius 3 is 2.78 bits per heavy atom. The minimum atomic E-state index is -0.322. The molecule has 0 saturated heterocycles. The summed E-state index contributed by atoms with van der Waals surface area (Å²) in [6.45, 7) is 4.75. The van der Waals surface area contributed by atoms with Crippen LogP contribution in [-0.2, 0) is 6.54 Å². The molecule has 18 heavy (non-hydrogen) atoms. The van der Waals surface area contributed by atoms with Crippen LogP contribution in [0, 0.1) is 6.92 Å². The zero-order chi connectivity index (χ0) is 13.3. The van der Waals surface area contributed by atoms with Gasteiger partial charge < -0.3 is 5.73 Å². The molecule has 0 bridgehead atoms. The molecule has 0 aliphatic heterocycles. The Hall–Kier alpha value is -1.03. The largest absolute Gasteiger partial charge is 0.319 e. The second-order valence-electron chi connectivity index (χ2n) is 4.15. The van der Waals surface area contributed by atoms with Crippen LogP contribution in [0.2, 0.25) is 10.0 Å². The van der Waals surface area contributed by atoms with Crippen molar-refractivity contribution in [1.29, 1.82) is 0 Å². The van der Waals surface area contributed by atoms with Crippen molar-refractivity contribution in [2.75, 3.05) is 0 Å². The van der Waals surface area contributed by atoms with Gasteiger partial charge in [0.25, 0.3) is 0 Å². The maximum atomic E-state index is 6.27. The molecule has 0 aliphatic carbocycles. The quantitative estimate of drug-likeness (QED) is 0.936. The lowest BCUT2D eigenvalue weighted by Crippen LogP contribution is -2.17. The molecule has 0 radical (unpaired) electrons. The highest BCUT2D eigenvalue weighted by Gasteiger charge is 2.18. The summed E-state index contributed by atoms with van der Waals surface area (Å²) in [5.74, 6) is 0. The highest BCUT2D eigenvalue weighted by molar-refractivity contribution is 6.42. The number of aryl methyl sites for hydroxylation is 2. The molecule has 1 aromatic heterocycles. The molecule has 2 N–H and O–H groups in total. The van der Waals surface area contributed by atoms with Crippen molar-refractivity contribution >= 4 is 23.2 Å². The molecule has 0 spiro atoms. The molecule has 0 saturated carbocycles. The first-order chi connectivity index (χ1) is 8.54. The standard InChI is InChI=1S/C13H15Cl2N3/c1-3-18-11(7-8(2)17-18)13(16)9-5-4-6-10(14)12(9)15/h4-7,13H,3,16H2,1-2H3. The zero-order valence-electron chi connectivity index (χ0n) is 10.3. The van der Waals surface area contributed by atoms with Gasteiger partial charge in [0.05, 0.1) is 27.5 Å². The Bertz CT molecular complexity index is 563. The maximum Gasteiger partial charge on any atom is 0.0738 e. The van der Waals surface area contributed by atoms with E-state index in [9.17, 15) is 0 Å². The van der Waals surface area contributed by atoms with E-state index in [0.29, 0.717) is 10.0 Å². The number of nitrogens with zero attached hydrogens (tertiary/aromatic N) is 2. The SMILES string of the molecule is CCn1nc(C)cc1C(N)c1cccc(Cl)c1Cl. The first kappa shape index (κ1) is 13.4. The summed E-state index contributed by atoms with van der Waals surface area (Å²) >= 11 is 12.2. The van der Waals surface area contributed by atoms with E-state index >= 15 is 0 Å². The van der Waals surface area contributed by atoms with Gasteiger partial charge in [0.2, 0.25) is 0 Å². The summed E-state index contributed by atoms with van der Waals surface area (Å²) in [4.78, 5) is 0. The van der Waals surface area contributed by atoms with Crippen LogP contribution in [0.25, 0.3) is 0 Å². The molecule has 1 aromatic carbocycles. The monoisotopic (exact) mass is 283 g/mol. The number of aromatic nitrogens is 2. The Kier molecular flexibility index (Phi) is 3.95. The van der Waals surface area contributed by atoms with Gasteiger partial charge in [0, 0.05) is 6.54 Å². The van der Waals surface area contributed by atoms with E-state index < -0.39 is 0 Å². The zero-order valence-corrected chi connectivity index (χ0v) is 11.8. The fourth-order valence-corrected chi connectivity index (χ4v) is 2.41. The van der Waals surface area contributed by atoms with E-state index in [4.69, 9.17) is 28.9 Å². The fraction of sp³-hybridized carbons (Fsp3) is 0.308. The molecule has 3 nitrogen and oxygen atoms in total. The lowest BCUT2D eigenvalue weighted by Gasteiger charge is -2.15. The molecular weight excluding hydrogens is 269 g/mol. The van der Waals surface area contributed by atoms with Crippen LogP contribution in [0.15, 0.2) is 24.3 Å². The Morgan fingerprint density at radius 2 is 2.11 bits per heavy atom. The average Bonchev–Trinajstić information content (AvgIpc) is 2.73. The van der Waals surface area contributed by atoms with Crippen LogP contribution in [0.3, 0.4) is 0 Å². The van der Waals surface area contributed by atoms with Crippen molar-refractivity contribution in [1.82, 2.24) is 9.78 Å². The molecule has 0 fully saturated rings. The van der Waals surface area contributed by atoms with Gasteiger partial charge in [-0.05, 0) is 31.5 Å². The highest BCUT2D eigenvalue weighted by atomic mass is 35.5. The van der Waals surface area contributed by atoms with Crippen LogP contribution >= 0.6 is 23.2 Å². The molecule has 96 valence electrons. The predicted molar refractivity (Wildman–Crippen MR) is 75.1 cm³/mol. The molecule has 0 amide bonds. The Balaban J connectivity index is 2.47. The lowest BCUT2D eigenvalue weighted by atomic mass is 10.0. The van der Waals surface area contributed by atoms with E-state index in [1.807, 2.05) is 36.7 Å². The topological polar surface area (TPSA) is 43.8 Å². The summed E-state index contributed by atoms with van der Waals surface area (Å²) in [7, 11) is 0. The van der Waals surface area contributed by atoms with Gasteiger partial charge in [-0.2, -0.15) is 5.10 Å². The number of hydrogen-bond donors (Lipinski definition) is 1. The number of halogens is 2. The molecule has 2 rings (SSSR count). The van der Waals surface area contributed by atoms with Crippen LogP contribution in [0.1, 0.15) is 29.9 Å². The Morgan fingerprint density at radius 1 is 1.39 bits per heavy atom. The highest BCUT2D eigenvalue weighted by Crippen LogP contribution is 2.32. The first-order valence-corrected chi connectivity index (χ1v) is 6.54. The van der Waals surface area contributed by atoms with E-state index in [-0.39, 0.29) is 6.04 Å². The van der Waals surface area contributed by atoms with Gasteiger partial charge in [-0.3, -0.25) is 4.68 Å². The first-order valence-electron chi connectivity index (χ1n) is 5.78. The van der Waals surface area contributed by atoms with Gasteiger partial charge in [-0.1, -0.05) is 35.3 Å². The van der Waals surface area contributed by atoms with Crippen LogP contribution in [0.5, 0.6) is 0 Å². The molecule has 1 atom stereocenters. The summed E-state index contributed by atoms with van der Waals surface area (Å²) in [5.41, 5.74) is 8.98. The maximum absolute atomic E-state index is 6.27. The van der Waals surface area contributed by atoms with Gasteiger partial charge in [-0.25, -0.2) is 0 Å². The smallest absolute Gasteiger partial charge is 0.0738 e. The second-order valence-corrected chi connectivity index (χ2v) is 4.93. The summed E-state index contributed by atoms with van der Waals surface area (Å²) in [6.07, 6.45) is 0. The number of rotatable bonds is 3. The molecule has 1 heterocycles. The van der Waals surface area contributed by atoms with Crippen molar-refractivity contribution < 1.29 is 0 Å². The van der Waals surface area contributed by atoms with Gasteiger partial charge in [0.15, 0.2) is 0 Å². The van der Waals surface area contributed by atoms with Gasteiger partial charge in [-0.15, -0.1) is 0 Å². The summed E-state index contributed by atoms with van der Waals surface area (Å²) in [5, 5.41) is 5.41.